The van der Waals surface area contributed by atoms with E-state index in [1.807, 2.05) is 24.0 Å². The quantitative estimate of drug-likeness (QED) is 0.704. The topological polar surface area (TPSA) is 58.6 Å². The van der Waals surface area contributed by atoms with Crippen LogP contribution in [0.4, 0.5) is 5.69 Å². The van der Waals surface area contributed by atoms with Gasteiger partial charge in [0.25, 0.3) is 11.8 Å². The van der Waals surface area contributed by atoms with E-state index in [1.54, 1.807) is 36.4 Å². The van der Waals surface area contributed by atoms with E-state index in [-0.39, 0.29) is 11.8 Å². The van der Waals surface area contributed by atoms with Crippen molar-refractivity contribution in [1.29, 1.82) is 0 Å². The van der Waals surface area contributed by atoms with Gasteiger partial charge in [-0.2, -0.15) is 0 Å². The van der Waals surface area contributed by atoms with Crippen molar-refractivity contribution in [2.45, 2.75) is 33.6 Å². The Balaban J connectivity index is 2.11. The minimum atomic E-state index is -0.244. The Kier molecular flexibility index (Phi) is 7.86. The summed E-state index contributed by atoms with van der Waals surface area (Å²) in [7, 11) is 0. The number of nitrogens with zero attached hydrogens (tertiary/aromatic N) is 1. The molecule has 0 aliphatic carbocycles. The molecule has 2 aromatic rings. The van der Waals surface area contributed by atoms with Gasteiger partial charge in [-0.25, -0.2) is 0 Å². The monoisotopic (exact) mass is 368 g/mol. The van der Waals surface area contributed by atoms with Crippen LogP contribution in [0.5, 0.6) is 5.75 Å². The minimum Gasteiger partial charge on any atom is -0.494 e. The Morgan fingerprint density at radius 2 is 1.56 bits per heavy atom. The Bertz CT molecular complexity index is 750. The molecule has 0 spiro atoms. The molecule has 2 aromatic carbocycles. The molecular formula is C22H28N2O3. The molecule has 0 saturated heterocycles. The number of hydrogen-bond donors (Lipinski definition) is 1. The highest BCUT2D eigenvalue weighted by Gasteiger charge is 2.16. The van der Waals surface area contributed by atoms with Gasteiger partial charge >= 0.3 is 0 Å². The normalized spacial score (nSPS) is 10.3. The first-order valence-corrected chi connectivity index (χ1v) is 9.52. The van der Waals surface area contributed by atoms with Crippen LogP contribution in [0.25, 0.3) is 0 Å². The van der Waals surface area contributed by atoms with Gasteiger partial charge in [-0.3, -0.25) is 9.59 Å². The molecule has 0 radical (unpaired) electrons. The van der Waals surface area contributed by atoms with Gasteiger partial charge in [0.15, 0.2) is 0 Å². The van der Waals surface area contributed by atoms with Crippen LogP contribution < -0.4 is 10.1 Å². The molecule has 0 atom stereocenters. The lowest BCUT2D eigenvalue weighted by Crippen LogP contribution is -2.32. The van der Waals surface area contributed by atoms with Crippen LogP contribution in [0.15, 0.2) is 48.5 Å². The molecule has 0 fully saturated rings. The van der Waals surface area contributed by atoms with Gasteiger partial charge in [0.1, 0.15) is 5.75 Å². The highest BCUT2D eigenvalue weighted by molar-refractivity contribution is 6.06. The molecule has 0 aliphatic heterocycles. The smallest absolute Gasteiger partial charge is 0.255 e. The Labute approximate surface area is 161 Å². The zero-order chi connectivity index (χ0) is 19.6. The largest absolute Gasteiger partial charge is 0.494 e. The fraction of sp³-hybridized carbons (Fsp3) is 0.364. The third-order valence-corrected chi connectivity index (χ3v) is 4.07. The van der Waals surface area contributed by atoms with Crippen molar-refractivity contribution in [3.05, 3.63) is 59.7 Å². The number of hydrogen-bond acceptors (Lipinski definition) is 3. The third kappa shape index (κ3) is 5.84. The summed E-state index contributed by atoms with van der Waals surface area (Å²) in [5.41, 5.74) is 1.68. The Morgan fingerprint density at radius 1 is 0.926 bits per heavy atom. The van der Waals surface area contributed by atoms with E-state index in [1.165, 1.54) is 0 Å². The molecule has 5 nitrogen and oxygen atoms in total. The van der Waals surface area contributed by atoms with Gasteiger partial charge < -0.3 is 15.0 Å². The van der Waals surface area contributed by atoms with Crippen LogP contribution in [0.1, 0.15) is 54.3 Å². The fourth-order valence-corrected chi connectivity index (χ4v) is 2.84. The van der Waals surface area contributed by atoms with Crippen molar-refractivity contribution >= 4 is 17.5 Å². The van der Waals surface area contributed by atoms with Crippen molar-refractivity contribution in [3.63, 3.8) is 0 Å². The molecule has 0 aromatic heterocycles. The van der Waals surface area contributed by atoms with Crippen LogP contribution in [-0.4, -0.2) is 36.4 Å². The number of amides is 2. The summed E-state index contributed by atoms with van der Waals surface area (Å²) < 4.78 is 5.40. The fourth-order valence-electron chi connectivity index (χ4n) is 2.84. The van der Waals surface area contributed by atoms with Crippen molar-refractivity contribution in [2.24, 2.45) is 0 Å². The maximum atomic E-state index is 12.7. The first-order chi connectivity index (χ1) is 13.1. The third-order valence-electron chi connectivity index (χ3n) is 4.07. The molecule has 27 heavy (non-hydrogen) atoms. The second-order valence-electron chi connectivity index (χ2n) is 6.28. The predicted molar refractivity (Wildman–Crippen MR) is 108 cm³/mol. The number of anilines is 1. The molecule has 1 N–H and O–H groups in total. The van der Waals surface area contributed by atoms with Gasteiger partial charge in [-0.15, -0.1) is 0 Å². The zero-order valence-corrected chi connectivity index (χ0v) is 16.3. The van der Waals surface area contributed by atoms with Gasteiger partial charge in [-0.1, -0.05) is 19.9 Å². The van der Waals surface area contributed by atoms with Crippen molar-refractivity contribution in [1.82, 2.24) is 4.90 Å². The second kappa shape index (κ2) is 10.4. The average Bonchev–Trinajstić information content (AvgIpc) is 2.69. The predicted octanol–water partition coefficient (Wildman–Crippen LogP) is 4.60. The standard InChI is InChI=1S/C22H28N2O3/c1-4-14-24(15-5-2)22(26)18-9-7-8-17(16-18)21(25)23-19-10-12-20(13-11-19)27-6-3/h7-13,16H,4-6,14-15H2,1-3H3,(H,23,25). The lowest BCUT2D eigenvalue weighted by molar-refractivity contribution is 0.0755. The van der Waals surface area contributed by atoms with Crippen molar-refractivity contribution in [3.8, 4) is 5.75 Å². The number of carbonyl (C=O) groups excluding carboxylic acids is 2. The summed E-state index contributed by atoms with van der Waals surface area (Å²) >= 11 is 0. The molecule has 0 unspecified atom stereocenters. The molecule has 0 saturated carbocycles. The van der Waals surface area contributed by atoms with Gasteiger partial charge in [0, 0.05) is 29.9 Å². The molecule has 0 heterocycles. The van der Waals surface area contributed by atoms with E-state index >= 15 is 0 Å². The zero-order valence-electron chi connectivity index (χ0n) is 16.3. The van der Waals surface area contributed by atoms with Gasteiger partial charge in [-0.05, 0) is 62.2 Å². The SMILES string of the molecule is CCCN(CCC)C(=O)c1cccc(C(=O)Nc2ccc(OCC)cc2)c1. The van der Waals surface area contributed by atoms with E-state index in [4.69, 9.17) is 4.74 Å². The Morgan fingerprint density at radius 3 is 2.15 bits per heavy atom. The number of ether oxygens (including phenoxy) is 1. The molecule has 0 bridgehead atoms. The molecule has 5 heteroatoms. The molecule has 2 rings (SSSR count). The molecule has 2 amide bonds. The van der Waals surface area contributed by atoms with E-state index < -0.39 is 0 Å². The minimum absolute atomic E-state index is 0.0329. The maximum Gasteiger partial charge on any atom is 0.255 e. The first kappa shape index (κ1) is 20.5. The summed E-state index contributed by atoms with van der Waals surface area (Å²) in [4.78, 5) is 27.1. The molecule has 0 aliphatic rings. The number of rotatable bonds is 9. The molecular weight excluding hydrogens is 340 g/mol. The van der Waals surface area contributed by atoms with E-state index in [0.29, 0.717) is 23.4 Å². The Hall–Kier alpha value is -2.82. The maximum absolute atomic E-state index is 12.7. The lowest BCUT2D eigenvalue weighted by atomic mass is 10.1. The highest BCUT2D eigenvalue weighted by atomic mass is 16.5. The highest BCUT2D eigenvalue weighted by Crippen LogP contribution is 2.17. The van der Waals surface area contributed by atoms with Gasteiger partial charge in [0.2, 0.25) is 0 Å². The van der Waals surface area contributed by atoms with E-state index in [2.05, 4.69) is 19.2 Å². The summed E-state index contributed by atoms with van der Waals surface area (Å²) in [6.45, 7) is 8.06. The van der Waals surface area contributed by atoms with Crippen molar-refractivity contribution < 1.29 is 14.3 Å². The van der Waals surface area contributed by atoms with Crippen molar-refractivity contribution in [2.75, 3.05) is 25.0 Å². The van der Waals surface area contributed by atoms with E-state index in [0.717, 1.165) is 31.7 Å². The van der Waals surface area contributed by atoms with Crippen LogP contribution in [-0.2, 0) is 0 Å². The summed E-state index contributed by atoms with van der Waals surface area (Å²) in [6, 6.07) is 14.1. The van der Waals surface area contributed by atoms with Crippen LogP contribution in [0.3, 0.4) is 0 Å². The number of benzene rings is 2. The lowest BCUT2D eigenvalue weighted by Gasteiger charge is -2.21. The van der Waals surface area contributed by atoms with Gasteiger partial charge in [0.05, 0.1) is 6.61 Å². The molecule has 144 valence electrons. The van der Waals surface area contributed by atoms with Crippen LogP contribution in [0, 0.1) is 0 Å². The van der Waals surface area contributed by atoms with E-state index in [9.17, 15) is 9.59 Å². The second-order valence-corrected chi connectivity index (χ2v) is 6.28. The first-order valence-electron chi connectivity index (χ1n) is 9.52. The average molecular weight is 368 g/mol. The van der Waals surface area contributed by atoms with Crippen LogP contribution >= 0.6 is 0 Å². The number of carbonyl (C=O) groups is 2. The van der Waals surface area contributed by atoms with Crippen LogP contribution in [0.2, 0.25) is 0 Å². The number of nitrogens with one attached hydrogen (secondary N) is 1. The summed E-state index contributed by atoms with van der Waals surface area (Å²) in [5.74, 6) is 0.482. The summed E-state index contributed by atoms with van der Waals surface area (Å²) in [5, 5.41) is 2.85. The summed E-state index contributed by atoms with van der Waals surface area (Å²) in [6.07, 6.45) is 1.81.